The topological polar surface area (TPSA) is 86.3 Å². The van der Waals surface area contributed by atoms with Crippen molar-refractivity contribution >= 4 is 17.5 Å². The van der Waals surface area contributed by atoms with Gasteiger partial charge in [0.1, 0.15) is 11.5 Å². The van der Waals surface area contributed by atoms with Gasteiger partial charge in [-0.3, -0.25) is 9.59 Å². The molecule has 8 heteroatoms. The molecule has 2 aromatic rings. The summed E-state index contributed by atoms with van der Waals surface area (Å²) in [5.41, 5.74) is 1.61. The molecule has 1 aliphatic heterocycles. The van der Waals surface area contributed by atoms with Crippen LogP contribution in [0.1, 0.15) is 30.9 Å². The van der Waals surface area contributed by atoms with Crippen LogP contribution in [0.5, 0.6) is 11.5 Å². The third-order valence-electron chi connectivity index (χ3n) is 5.94. The number of piperidine rings is 1. The van der Waals surface area contributed by atoms with E-state index in [9.17, 15) is 9.59 Å². The van der Waals surface area contributed by atoms with Crippen LogP contribution < -0.4 is 19.7 Å². The normalized spacial score (nSPS) is 18.0. The molecule has 2 amide bonds. The van der Waals surface area contributed by atoms with Crippen LogP contribution in [0.3, 0.4) is 0 Å². The molecule has 0 aromatic heterocycles. The highest BCUT2D eigenvalue weighted by Crippen LogP contribution is 2.40. The van der Waals surface area contributed by atoms with Crippen molar-refractivity contribution in [3.8, 4) is 11.5 Å². The molecule has 0 bridgehead atoms. The number of ether oxygens (including phenoxy) is 4. The Morgan fingerprint density at radius 3 is 2.21 bits per heavy atom. The van der Waals surface area contributed by atoms with E-state index in [1.807, 2.05) is 48.5 Å². The predicted octanol–water partition coefficient (Wildman–Crippen LogP) is 3.36. The maximum absolute atomic E-state index is 13.3. The van der Waals surface area contributed by atoms with Crippen molar-refractivity contribution in [3.63, 3.8) is 0 Å². The maximum Gasteiger partial charge on any atom is 0.227 e. The van der Waals surface area contributed by atoms with Gasteiger partial charge in [-0.15, -0.1) is 0 Å². The Hall–Kier alpha value is -3.10. The molecule has 1 heterocycles. The SMILES string of the molecule is COCCOCCCNC(=O)C1CCC(=O)N(c2ccc(OC)cc2)C1c1ccc(OC)cc1. The van der Waals surface area contributed by atoms with E-state index < -0.39 is 6.04 Å². The van der Waals surface area contributed by atoms with Crippen molar-refractivity contribution < 1.29 is 28.5 Å². The minimum absolute atomic E-state index is 0.0124. The molecule has 2 atom stereocenters. The maximum atomic E-state index is 13.3. The predicted molar refractivity (Wildman–Crippen MR) is 129 cm³/mol. The molecule has 0 radical (unpaired) electrons. The van der Waals surface area contributed by atoms with Crippen LogP contribution in [-0.2, 0) is 19.1 Å². The van der Waals surface area contributed by atoms with Gasteiger partial charge in [-0.25, -0.2) is 0 Å². The average molecular weight is 471 g/mol. The summed E-state index contributed by atoms with van der Waals surface area (Å²) >= 11 is 0. The van der Waals surface area contributed by atoms with Gasteiger partial charge in [-0.2, -0.15) is 0 Å². The summed E-state index contributed by atoms with van der Waals surface area (Å²) in [4.78, 5) is 28.1. The summed E-state index contributed by atoms with van der Waals surface area (Å²) in [7, 11) is 4.84. The lowest BCUT2D eigenvalue weighted by atomic mass is 9.83. The third-order valence-corrected chi connectivity index (χ3v) is 5.94. The molecule has 3 rings (SSSR count). The van der Waals surface area contributed by atoms with Crippen LogP contribution in [-0.4, -0.2) is 59.5 Å². The Morgan fingerprint density at radius 1 is 0.941 bits per heavy atom. The second-order valence-electron chi connectivity index (χ2n) is 8.07. The Labute approximate surface area is 201 Å². The number of nitrogens with zero attached hydrogens (tertiary/aromatic N) is 1. The van der Waals surface area contributed by atoms with E-state index in [-0.39, 0.29) is 17.7 Å². The quantitative estimate of drug-likeness (QED) is 0.479. The van der Waals surface area contributed by atoms with Gasteiger partial charge in [-0.05, 0) is 54.8 Å². The van der Waals surface area contributed by atoms with Crippen LogP contribution in [0.4, 0.5) is 5.69 Å². The highest BCUT2D eigenvalue weighted by atomic mass is 16.5. The van der Waals surface area contributed by atoms with E-state index in [1.54, 1.807) is 26.2 Å². The number of nitrogens with one attached hydrogen (secondary N) is 1. The van der Waals surface area contributed by atoms with Crippen LogP contribution in [0.25, 0.3) is 0 Å². The zero-order valence-corrected chi connectivity index (χ0v) is 20.1. The minimum Gasteiger partial charge on any atom is -0.497 e. The fourth-order valence-corrected chi connectivity index (χ4v) is 4.16. The van der Waals surface area contributed by atoms with E-state index in [2.05, 4.69) is 5.32 Å². The van der Waals surface area contributed by atoms with Crippen LogP contribution in [0, 0.1) is 5.92 Å². The zero-order chi connectivity index (χ0) is 24.3. The van der Waals surface area contributed by atoms with E-state index >= 15 is 0 Å². The summed E-state index contributed by atoms with van der Waals surface area (Å²) in [6.07, 6.45) is 1.49. The number of carbonyl (C=O) groups is 2. The van der Waals surface area contributed by atoms with Crippen molar-refractivity contribution in [1.29, 1.82) is 0 Å². The average Bonchev–Trinajstić information content (AvgIpc) is 2.88. The van der Waals surface area contributed by atoms with Gasteiger partial charge in [0.05, 0.1) is 39.4 Å². The first-order valence-electron chi connectivity index (χ1n) is 11.5. The number of methoxy groups -OCH3 is 3. The molecule has 0 spiro atoms. The standard InChI is InChI=1S/C26H34N2O6/c1-31-17-18-34-16-4-15-27-26(30)23-13-14-24(29)28(20-7-11-22(33-3)12-8-20)25(23)19-5-9-21(32-2)10-6-19/h5-12,23,25H,4,13-18H2,1-3H3,(H,27,30). The Kier molecular flexibility index (Phi) is 9.73. The molecule has 2 unspecified atom stereocenters. The van der Waals surface area contributed by atoms with Gasteiger partial charge in [0, 0.05) is 32.4 Å². The lowest BCUT2D eigenvalue weighted by molar-refractivity contribution is -0.129. The van der Waals surface area contributed by atoms with Gasteiger partial charge in [0.2, 0.25) is 11.8 Å². The molecule has 8 nitrogen and oxygen atoms in total. The fraction of sp³-hybridized carbons (Fsp3) is 0.462. The third kappa shape index (κ3) is 6.48. The van der Waals surface area contributed by atoms with Gasteiger partial charge in [0.25, 0.3) is 0 Å². The van der Waals surface area contributed by atoms with Gasteiger partial charge < -0.3 is 29.2 Å². The summed E-state index contributed by atoms with van der Waals surface area (Å²) in [6.45, 7) is 2.14. The van der Waals surface area contributed by atoms with Crippen LogP contribution in [0.2, 0.25) is 0 Å². The van der Waals surface area contributed by atoms with E-state index in [4.69, 9.17) is 18.9 Å². The number of anilines is 1. The highest BCUT2D eigenvalue weighted by Gasteiger charge is 2.41. The van der Waals surface area contributed by atoms with Gasteiger partial charge in [-0.1, -0.05) is 12.1 Å². The second kappa shape index (κ2) is 13.0. The largest absolute Gasteiger partial charge is 0.497 e. The first-order chi connectivity index (χ1) is 16.6. The zero-order valence-electron chi connectivity index (χ0n) is 20.1. The van der Waals surface area contributed by atoms with Crippen molar-refractivity contribution in [2.24, 2.45) is 5.92 Å². The summed E-state index contributed by atoms with van der Waals surface area (Å²) in [5, 5.41) is 3.04. The lowest BCUT2D eigenvalue weighted by Crippen LogP contribution is -2.48. The lowest BCUT2D eigenvalue weighted by Gasteiger charge is -2.41. The van der Waals surface area contributed by atoms with E-state index in [0.29, 0.717) is 51.4 Å². The smallest absolute Gasteiger partial charge is 0.227 e. The fourth-order valence-electron chi connectivity index (χ4n) is 4.16. The molecular weight excluding hydrogens is 436 g/mol. The van der Waals surface area contributed by atoms with Crippen molar-refractivity contribution in [2.75, 3.05) is 52.6 Å². The summed E-state index contributed by atoms with van der Waals surface area (Å²) < 4.78 is 21.0. The molecular formula is C26H34N2O6. The molecule has 1 fully saturated rings. The number of hydrogen-bond donors (Lipinski definition) is 1. The number of rotatable bonds is 12. The molecule has 184 valence electrons. The van der Waals surface area contributed by atoms with E-state index in [0.717, 1.165) is 17.0 Å². The number of amides is 2. The molecule has 1 aliphatic rings. The molecule has 34 heavy (non-hydrogen) atoms. The van der Waals surface area contributed by atoms with Crippen molar-refractivity contribution in [3.05, 3.63) is 54.1 Å². The molecule has 1 N–H and O–H groups in total. The van der Waals surface area contributed by atoms with E-state index in [1.165, 1.54) is 0 Å². The Bertz CT molecular complexity index is 916. The molecule has 0 aliphatic carbocycles. The summed E-state index contributed by atoms with van der Waals surface area (Å²) in [5.74, 6) is 0.959. The monoisotopic (exact) mass is 470 g/mol. The number of hydrogen-bond acceptors (Lipinski definition) is 6. The van der Waals surface area contributed by atoms with Gasteiger partial charge in [0.15, 0.2) is 0 Å². The summed E-state index contributed by atoms with van der Waals surface area (Å²) in [6, 6.07) is 14.5. The number of carbonyl (C=O) groups excluding carboxylic acids is 2. The highest BCUT2D eigenvalue weighted by molar-refractivity contribution is 5.97. The van der Waals surface area contributed by atoms with Gasteiger partial charge >= 0.3 is 0 Å². The van der Waals surface area contributed by atoms with Crippen LogP contribution >= 0.6 is 0 Å². The van der Waals surface area contributed by atoms with Crippen molar-refractivity contribution in [1.82, 2.24) is 5.32 Å². The minimum atomic E-state index is -0.432. The first kappa shape index (κ1) is 25.5. The number of benzene rings is 2. The molecule has 0 saturated carbocycles. The Morgan fingerprint density at radius 2 is 1.59 bits per heavy atom. The first-order valence-corrected chi connectivity index (χ1v) is 11.5. The second-order valence-corrected chi connectivity index (χ2v) is 8.07. The van der Waals surface area contributed by atoms with Crippen molar-refractivity contribution in [2.45, 2.75) is 25.3 Å². The Balaban J connectivity index is 1.80. The molecule has 2 aromatic carbocycles. The van der Waals surface area contributed by atoms with Crippen LogP contribution in [0.15, 0.2) is 48.5 Å². The molecule has 1 saturated heterocycles.